The van der Waals surface area contributed by atoms with Crippen LogP contribution in [0.1, 0.15) is 31.1 Å². The highest BCUT2D eigenvalue weighted by Gasteiger charge is 2.55. The van der Waals surface area contributed by atoms with Crippen LogP contribution >= 0.6 is 0 Å². The van der Waals surface area contributed by atoms with E-state index in [1.807, 2.05) is 49.9 Å². The molecule has 2 N–H and O–H groups in total. The van der Waals surface area contributed by atoms with Gasteiger partial charge in [0.15, 0.2) is 5.82 Å². The minimum atomic E-state index is -0.514. The van der Waals surface area contributed by atoms with Gasteiger partial charge in [-0.25, -0.2) is 9.78 Å². The summed E-state index contributed by atoms with van der Waals surface area (Å²) in [5.41, 5.74) is 4.54. The number of carbonyl (C=O) groups is 2. The number of morpholine rings is 1. The minimum Gasteiger partial charge on any atom is -0.444 e. The Labute approximate surface area is 231 Å². The van der Waals surface area contributed by atoms with Gasteiger partial charge in [-0.1, -0.05) is 0 Å². The largest absolute Gasteiger partial charge is 0.444 e. The number of H-pyrrole nitrogens is 2. The van der Waals surface area contributed by atoms with E-state index in [2.05, 4.69) is 32.2 Å². The Morgan fingerprint density at radius 3 is 2.48 bits per heavy atom. The topological polar surface area (TPSA) is 120 Å². The van der Waals surface area contributed by atoms with Crippen LogP contribution in [0.3, 0.4) is 0 Å². The van der Waals surface area contributed by atoms with Crippen LogP contribution in [0.4, 0.5) is 10.5 Å². The number of amides is 2. The summed E-state index contributed by atoms with van der Waals surface area (Å²) in [4.78, 5) is 39.7. The van der Waals surface area contributed by atoms with E-state index >= 15 is 0 Å². The molecule has 0 radical (unpaired) electrons. The zero-order valence-electron chi connectivity index (χ0n) is 23.0. The number of aromatic nitrogens is 4. The number of carbonyl (C=O) groups excluding carboxylic acids is 2. The number of rotatable bonds is 3. The molecule has 3 aliphatic rings. The molecule has 0 bridgehead atoms. The van der Waals surface area contributed by atoms with Crippen molar-refractivity contribution in [2.24, 2.45) is 5.41 Å². The second-order valence-electron chi connectivity index (χ2n) is 12.2. The lowest BCUT2D eigenvalue weighted by molar-refractivity contribution is -0.0980. The summed E-state index contributed by atoms with van der Waals surface area (Å²) < 4.78 is 10.9. The lowest BCUT2D eigenvalue weighted by atomic mass is 9.73. The van der Waals surface area contributed by atoms with E-state index in [9.17, 15) is 9.59 Å². The van der Waals surface area contributed by atoms with Crippen molar-refractivity contribution >= 4 is 39.6 Å². The van der Waals surface area contributed by atoms with Crippen LogP contribution in [0, 0.1) is 5.41 Å². The number of nitrogens with one attached hydrogen (secondary N) is 2. The van der Waals surface area contributed by atoms with Crippen molar-refractivity contribution in [2.45, 2.75) is 26.4 Å². The van der Waals surface area contributed by atoms with Crippen molar-refractivity contribution in [3.63, 3.8) is 0 Å². The molecule has 0 saturated carbocycles. The highest BCUT2D eigenvalue weighted by atomic mass is 16.6. The molecule has 11 heteroatoms. The molecule has 7 rings (SSSR count). The molecule has 208 valence electrons. The average molecular weight is 544 g/mol. The maximum Gasteiger partial charge on any atom is 0.410 e. The SMILES string of the molecule is CC(C)(C)OC(=O)N1CC2(C1)CN(C(=O)c1ccc3[nH]nc(-c4nc5ccc(N6CCOCC6)cc5[nH]4)c3c1)C2. The molecule has 3 fully saturated rings. The molecule has 2 aromatic carbocycles. The van der Waals surface area contributed by atoms with Crippen molar-refractivity contribution in [1.82, 2.24) is 30.0 Å². The van der Waals surface area contributed by atoms with Gasteiger partial charge in [-0.2, -0.15) is 5.10 Å². The molecule has 3 aliphatic heterocycles. The van der Waals surface area contributed by atoms with Crippen LogP contribution in [0.2, 0.25) is 0 Å². The predicted octanol–water partition coefficient (Wildman–Crippen LogP) is 3.64. The summed E-state index contributed by atoms with van der Waals surface area (Å²) >= 11 is 0. The number of ether oxygens (including phenoxy) is 2. The number of hydrogen-bond donors (Lipinski definition) is 2. The summed E-state index contributed by atoms with van der Waals surface area (Å²) in [7, 11) is 0. The number of benzene rings is 2. The van der Waals surface area contributed by atoms with Gasteiger partial charge in [0.25, 0.3) is 5.91 Å². The first-order valence-electron chi connectivity index (χ1n) is 13.7. The lowest BCUT2D eigenvalue weighted by Gasteiger charge is -2.59. The van der Waals surface area contributed by atoms with E-state index < -0.39 is 5.60 Å². The second kappa shape index (κ2) is 8.95. The number of anilines is 1. The number of fused-ring (bicyclic) bond motifs is 2. The standard InChI is InChI=1S/C29H33N7O4/c1-28(2,3)40-27(38)36-16-29(17-36)14-35(15-29)26(37)18-4-6-21-20(12-18)24(33-32-21)25-30-22-7-5-19(13-23(22)31-25)34-8-10-39-11-9-34/h4-7,12-13H,8-11,14-17H2,1-3H3,(H,30,31)(H,32,33). The molecule has 4 aromatic rings. The van der Waals surface area contributed by atoms with Gasteiger partial charge in [0.1, 0.15) is 11.3 Å². The van der Waals surface area contributed by atoms with Gasteiger partial charge >= 0.3 is 6.09 Å². The molecule has 5 heterocycles. The molecular weight excluding hydrogens is 510 g/mol. The highest BCUT2D eigenvalue weighted by molar-refractivity contribution is 6.01. The van der Waals surface area contributed by atoms with Crippen LogP contribution in [0.5, 0.6) is 0 Å². The molecule has 0 unspecified atom stereocenters. The molecule has 0 aliphatic carbocycles. The predicted molar refractivity (Wildman–Crippen MR) is 150 cm³/mol. The zero-order valence-corrected chi connectivity index (χ0v) is 23.0. The van der Waals surface area contributed by atoms with Crippen molar-refractivity contribution in [3.05, 3.63) is 42.0 Å². The molecule has 3 saturated heterocycles. The zero-order chi connectivity index (χ0) is 27.6. The van der Waals surface area contributed by atoms with Crippen LogP contribution in [0.25, 0.3) is 33.5 Å². The first-order chi connectivity index (χ1) is 19.2. The van der Waals surface area contributed by atoms with Crippen LogP contribution in [-0.4, -0.2) is 100 Å². The summed E-state index contributed by atoms with van der Waals surface area (Å²) in [5.74, 6) is 0.639. The minimum absolute atomic E-state index is 0.0184. The maximum atomic E-state index is 13.4. The molecule has 0 atom stereocenters. The number of nitrogens with zero attached hydrogens (tertiary/aromatic N) is 5. The lowest BCUT2D eigenvalue weighted by Crippen LogP contribution is -2.73. The highest BCUT2D eigenvalue weighted by Crippen LogP contribution is 2.41. The third-order valence-electron chi connectivity index (χ3n) is 7.92. The molecule has 11 nitrogen and oxygen atoms in total. The fourth-order valence-electron chi connectivity index (χ4n) is 5.96. The maximum absolute atomic E-state index is 13.4. The van der Waals surface area contributed by atoms with E-state index in [1.165, 1.54) is 0 Å². The molecule has 40 heavy (non-hydrogen) atoms. The van der Waals surface area contributed by atoms with E-state index in [-0.39, 0.29) is 17.4 Å². The number of hydrogen-bond acceptors (Lipinski definition) is 7. The Morgan fingerprint density at radius 1 is 0.975 bits per heavy atom. The fourth-order valence-corrected chi connectivity index (χ4v) is 5.96. The summed E-state index contributed by atoms with van der Waals surface area (Å²) in [6, 6.07) is 11.8. The second-order valence-corrected chi connectivity index (χ2v) is 12.2. The van der Waals surface area contributed by atoms with Gasteiger partial charge in [0, 0.05) is 61.3 Å². The van der Waals surface area contributed by atoms with Gasteiger partial charge in [-0.15, -0.1) is 0 Å². The van der Waals surface area contributed by atoms with Gasteiger partial charge in [-0.05, 0) is 57.2 Å². The third-order valence-corrected chi connectivity index (χ3v) is 7.92. The molecule has 1 spiro atoms. The van der Waals surface area contributed by atoms with E-state index in [0.29, 0.717) is 43.3 Å². The first kappa shape index (κ1) is 24.9. The summed E-state index contributed by atoms with van der Waals surface area (Å²) in [6.45, 7) is 11.3. The normalized spacial score (nSPS) is 18.7. The Hall–Kier alpha value is -4.12. The van der Waals surface area contributed by atoms with Crippen LogP contribution in [-0.2, 0) is 9.47 Å². The number of aromatic amines is 2. The van der Waals surface area contributed by atoms with Gasteiger partial charge in [0.2, 0.25) is 0 Å². The van der Waals surface area contributed by atoms with Crippen LogP contribution in [0.15, 0.2) is 36.4 Å². The molecule has 2 amide bonds. The van der Waals surface area contributed by atoms with Crippen molar-refractivity contribution < 1.29 is 19.1 Å². The van der Waals surface area contributed by atoms with Gasteiger partial charge in [-0.3, -0.25) is 9.89 Å². The first-order valence-corrected chi connectivity index (χ1v) is 13.7. The van der Waals surface area contributed by atoms with Crippen molar-refractivity contribution in [1.29, 1.82) is 0 Å². The van der Waals surface area contributed by atoms with E-state index in [4.69, 9.17) is 14.5 Å². The monoisotopic (exact) mass is 543 g/mol. The third kappa shape index (κ3) is 4.34. The van der Waals surface area contributed by atoms with Crippen molar-refractivity contribution in [3.8, 4) is 11.5 Å². The Balaban J connectivity index is 1.06. The van der Waals surface area contributed by atoms with E-state index in [1.54, 1.807) is 4.90 Å². The fraction of sp³-hybridized carbons (Fsp3) is 0.448. The van der Waals surface area contributed by atoms with Gasteiger partial charge < -0.3 is 29.2 Å². The Morgan fingerprint density at radius 2 is 1.73 bits per heavy atom. The Kier molecular flexibility index (Phi) is 5.57. The molecule has 2 aromatic heterocycles. The number of likely N-dealkylation sites (tertiary alicyclic amines) is 2. The average Bonchev–Trinajstić information content (AvgIpc) is 3.49. The Bertz CT molecular complexity index is 1610. The summed E-state index contributed by atoms with van der Waals surface area (Å²) in [6.07, 6.45) is -0.288. The number of imidazole rings is 1. The summed E-state index contributed by atoms with van der Waals surface area (Å²) in [5, 5.41) is 8.44. The molecular formula is C29H33N7O4. The quantitative estimate of drug-likeness (QED) is 0.405. The smallest absolute Gasteiger partial charge is 0.410 e. The van der Waals surface area contributed by atoms with Crippen LogP contribution < -0.4 is 4.90 Å². The van der Waals surface area contributed by atoms with E-state index in [0.717, 1.165) is 53.9 Å². The van der Waals surface area contributed by atoms with Crippen molar-refractivity contribution in [2.75, 3.05) is 57.4 Å². The van der Waals surface area contributed by atoms with Gasteiger partial charge in [0.05, 0.1) is 29.8 Å².